The van der Waals surface area contributed by atoms with Crippen LogP contribution in [0.5, 0.6) is 5.75 Å². The second-order valence-electron chi connectivity index (χ2n) is 3.68. The molecule has 0 saturated heterocycles. The van der Waals surface area contributed by atoms with E-state index in [1.54, 1.807) is 31.2 Å². The molecule has 0 saturated carbocycles. The Labute approximate surface area is 93.9 Å². The average Bonchev–Trinajstić information content (AvgIpc) is 2.29. The number of aliphatic carboxylic acids is 1. The number of carbonyl (C=O) groups is 2. The number of rotatable bonds is 5. The Balaban J connectivity index is 2.86. The van der Waals surface area contributed by atoms with E-state index < -0.39 is 11.6 Å². The fraction of sp³-hybridized carbons (Fsp3) is 0.333. The van der Waals surface area contributed by atoms with E-state index >= 15 is 0 Å². The lowest BCUT2D eigenvalue weighted by molar-refractivity contribution is -0.154. The van der Waals surface area contributed by atoms with Crippen LogP contribution in [0, 0.1) is 0 Å². The molecule has 4 nitrogen and oxygen atoms in total. The molecule has 0 spiro atoms. The highest BCUT2D eigenvalue weighted by atomic mass is 16.5. The monoisotopic (exact) mass is 222 g/mol. The third kappa shape index (κ3) is 2.59. The zero-order valence-electron chi connectivity index (χ0n) is 9.27. The van der Waals surface area contributed by atoms with Gasteiger partial charge in [0.1, 0.15) is 12.0 Å². The number of hydrogen-bond donors (Lipinski definition) is 1. The lowest BCUT2D eigenvalue weighted by atomic mass is 10.0. The molecule has 1 N–H and O–H groups in total. The number of ether oxygens (including phenoxy) is 1. The zero-order valence-corrected chi connectivity index (χ0v) is 9.27. The van der Waals surface area contributed by atoms with E-state index in [0.717, 1.165) is 6.29 Å². The van der Waals surface area contributed by atoms with Gasteiger partial charge in [0.2, 0.25) is 5.60 Å². The molecule has 0 heterocycles. The van der Waals surface area contributed by atoms with Crippen molar-refractivity contribution >= 4 is 12.3 Å². The molecule has 86 valence electrons. The summed E-state index contributed by atoms with van der Waals surface area (Å²) in [5, 5.41) is 9.01. The van der Waals surface area contributed by atoms with Crippen LogP contribution in [0.25, 0.3) is 0 Å². The molecular weight excluding hydrogens is 208 g/mol. The summed E-state index contributed by atoms with van der Waals surface area (Å²) >= 11 is 0. The Morgan fingerprint density at radius 3 is 2.38 bits per heavy atom. The standard InChI is InChI=1S/C12H14O4/c1-3-12(2,11(14)15)16-10-6-4-9(8-13)5-7-10/h4-8H,3H2,1-2H3,(H,14,15). The van der Waals surface area contributed by atoms with Gasteiger partial charge in [-0.1, -0.05) is 6.92 Å². The summed E-state index contributed by atoms with van der Waals surface area (Å²) in [6.07, 6.45) is 1.08. The van der Waals surface area contributed by atoms with Gasteiger partial charge in [0, 0.05) is 5.56 Å². The lowest BCUT2D eigenvalue weighted by Gasteiger charge is -2.24. The summed E-state index contributed by atoms with van der Waals surface area (Å²) < 4.78 is 5.40. The smallest absolute Gasteiger partial charge is 0.347 e. The third-order valence-electron chi connectivity index (χ3n) is 2.49. The summed E-state index contributed by atoms with van der Waals surface area (Å²) in [5.41, 5.74) is -0.705. The van der Waals surface area contributed by atoms with Crippen LogP contribution in [0.4, 0.5) is 0 Å². The number of carboxylic acids is 1. The van der Waals surface area contributed by atoms with Crippen molar-refractivity contribution in [2.24, 2.45) is 0 Å². The van der Waals surface area contributed by atoms with Crippen molar-refractivity contribution in [3.63, 3.8) is 0 Å². The van der Waals surface area contributed by atoms with E-state index in [4.69, 9.17) is 9.84 Å². The minimum atomic E-state index is -1.23. The molecule has 0 aliphatic heterocycles. The first kappa shape index (κ1) is 12.2. The second kappa shape index (κ2) is 4.79. The molecule has 1 atom stereocenters. The van der Waals surface area contributed by atoms with E-state index in [1.165, 1.54) is 6.92 Å². The first-order chi connectivity index (χ1) is 7.51. The largest absolute Gasteiger partial charge is 0.478 e. The highest BCUT2D eigenvalue weighted by Gasteiger charge is 2.33. The van der Waals surface area contributed by atoms with Gasteiger partial charge in [-0.25, -0.2) is 4.79 Å². The molecule has 1 rings (SSSR count). The molecule has 16 heavy (non-hydrogen) atoms. The van der Waals surface area contributed by atoms with Crippen LogP contribution in [0.2, 0.25) is 0 Å². The summed E-state index contributed by atoms with van der Waals surface area (Å²) in [5.74, 6) is -0.563. The number of hydrogen-bond acceptors (Lipinski definition) is 3. The first-order valence-electron chi connectivity index (χ1n) is 4.99. The molecule has 4 heteroatoms. The van der Waals surface area contributed by atoms with Crippen LogP contribution >= 0.6 is 0 Å². The van der Waals surface area contributed by atoms with Crippen molar-refractivity contribution in [1.29, 1.82) is 0 Å². The maximum absolute atomic E-state index is 11.0. The highest BCUT2D eigenvalue weighted by molar-refractivity contribution is 5.77. The predicted molar refractivity (Wildman–Crippen MR) is 58.8 cm³/mol. The van der Waals surface area contributed by atoms with Gasteiger partial charge in [-0.2, -0.15) is 0 Å². The highest BCUT2D eigenvalue weighted by Crippen LogP contribution is 2.21. The normalized spacial score (nSPS) is 13.9. The van der Waals surface area contributed by atoms with Gasteiger partial charge in [-0.05, 0) is 37.6 Å². The van der Waals surface area contributed by atoms with Crippen molar-refractivity contribution in [2.45, 2.75) is 25.9 Å². The maximum Gasteiger partial charge on any atom is 0.347 e. The summed E-state index contributed by atoms with van der Waals surface area (Å²) in [7, 11) is 0. The minimum absolute atomic E-state index is 0.359. The molecule has 0 radical (unpaired) electrons. The molecule has 0 fully saturated rings. The zero-order chi connectivity index (χ0) is 12.2. The number of carboxylic acid groups (broad SMARTS) is 1. The molecule has 0 bridgehead atoms. The van der Waals surface area contributed by atoms with Gasteiger partial charge in [0.15, 0.2) is 0 Å². The van der Waals surface area contributed by atoms with E-state index in [2.05, 4.69) is 0 Å². The Hall–Kier alpha value is -1.84. The molecule has 1 unspecified atom stereocenters. The minimum Gasteiger partial charge on any atom is -0.478 e. The summed E-state index contributed by atoms with van der Waals surface area (Å²) in [6, 6.07) is 6.34. The van der Waals surface area contributed by atoms with E-state index in [1.807, 2.05) is 0 Å². The van der Waals surface area contributed by atoms with Crippen LogP contribution in [0.3, 0.4) is 0 Å². The Morgan fingerprint density at radius 2 is 2.00 bits per heavy atom. The molecule has 0 amide bonds. The average molecular weight is 222 g/mol. The molecule has 1 aromatic carbocycles. The SMILES string of the molecule is CCC(C)(Oc1ccc(C=O)cc1)C(=O)O. The van der Waals surface area contributed by atoms with Gasteiger partial charge in [0.25, 0.3) is 0 Å². The van der Waals surface area contributed by atoms with E-state index in [-0.39, 0.29) is 0 Å². The van der Waals surface area contributed by atoms with Crippen LogP contribution in [0.15, 0.2) is 24.3 Å². The van der Waals surface area contributed by atoms with Crippen LogP contribution in [0.1, 0.15) is 30.6 Å². The fourth-order valence-electron chi connectivity index (χ4n) is 1.14. The van der Waals surface area contributed by atoms with E-state index in [0.29, 0.717) is 17.7 Å². The molecule has 1 aromatic rings. The van der Waals surface area contributed by atoms with E-state index in [9.17, 15) is 9.59 Å². The number of benzene rings is 1. The van der Waals surface area contributed by atoms with Crippen molar-refractivity contribution in [1.82, 2.24) is 0 Å². The van der Waals surface area contributed by atoms with Gasteiger partial charge >= 0.3 is 5.97 Å². The topological polar surface area (TPSA) is 63.6 Å². The molecule has 0 aromatic heterocycles. The maximum atomic E-state index is 11.0. The Morgan fingerprint density at radius 1 is 1.44 bits per heavy atom. The molecular formula is C12H14O4. The number of aldehydes is 1. The van der Waals surface area contributed by atoms with Crippen molar-refractivity contribution in [3.8, 4) is 5.75 Å². The quantitative estimate of drug-likeness (QED) is 0.775. The van der Waals surface area contributed by atoms with Crippen molar-refractivity contribution in [2.75, 3.05) is 0 Å². The Kier molecular flexibility index (Phi) is 3.66. The van der Waals surface area contributed by atoms with Crippen LogP contribution in [-0.4, -0.2) is 23.0 Å². The fourth-order valence-corrected chi connectivity index (χ4v) is 1.14. The third-order valence-corrected chi connectivity index (χ3v) is 2.49. The van der Waals surface area contributed by atoms with Crippen LogP contribution < -0.4 is 4.74 Å². The van der Waals surface area contributed by atoms with Crippen LogP contribution in [-0.2, 0) is 4.79 Å². The predicted octanol–water partition coefficient (Wildman–Crippen LogP) is 2.13. The second-order valence-corrected chi connectivity index (χ2v) is 3.68. The van der Waals surface area contributed by atoms with Gasteiger partial charge in [0.05, 0.1) is 0 Å². The first-order valence-corrected chi connectivity index (χ1v) is 4.99. The van der Waals surface area contributed by atoms with Gasteiger partial charge < -0.3 is 9.84 Å². The molecule has 0 aliphatic carbocycles. The van der Waals surface area contributed by atoms with Crippen molar-refractivity contribution < 1.29 is 19.4 Å². The Bertz CT molecular complexity index is 383. The summed E-state index contributed by atoms with van der Waals surface area (Å²) in [6.45, 7) is 3.26. The lowest BCUT2D eigenvalue weighted by Crippen LogP contribution is -2.40. The molecule has 0 aliphatic rings. The van der Waals surface area contributed by atoms with Gasteiger partial charge in [-0.3, -0.25) is 4.79 Å². The van der Waals surface area contributed by atoms with Crippen molar-refractivity contribution in [3.05, 3.63) is 29.8 Å². The number of carbonyl (C=O) groups excluding carboxylic acids is 1. The summed E-state index contributed by atoms with van der Waals surface area (Å²) in [4.78, 5) is 21.4. The van der Waals surface area contributed by atoms with Gasteiger partial charge in [-0.15, -0.1) is 0 Å².